The average molecular weight is 384 g/mol. The maximum atomic E-state index is 13.2. The van der Waals surface area contributed by atoms with E-state index >= 15 is 0 Å². The molecule has 0 radical (unpaired) electrons. The molecule has 6 heteroatoms. The Balaban J connectivity index is 1.85. The van der Waals surface area contributed by atoms with E-state index in [-0.39, 0.29) is 12.5 Å². The lowest BCUT2D eigenvalue weighted by atomic mass is 9.98. The number of nitrogens with zero attached hydrogens (tertiary/aromatic N) is 1. The molecule has 1 aliphatic heterocycles. The van der Waals surface area contributed by atoms with Gasteiger partial charge in [0.25, 0.3) is 0 Å². The number of hydrogen-bond donors (Lipinski definition) is 3. The summed E-state index contributed by atoms with van der Waals surface area (Å²) in [6, 6.07) is 15.2. The van der Waals surface area contributed by atoms with Gasteiger partial charge in [0.2, 0.25) is 5.91 Å². The smallest absolute Gasteiger partial charge is 0.242 e. The molecule has 0 bridgehead atoms. The van der Waals surface area contributed by atoms with Crippen LogP contribution >= 0.6 is 0 Å². The topological polar surface area (TPSA) is 82.0 Å². The summed E-state index contributed by atoms with van der Waals surface area (Å²) in [6.07, 6.45) is 0.898. The third-order valence-corrected chi connectivity index (χ3v) is 5.22. The molecule has 28 heavy (non-hydrogen) atoms. The van der Waals surface area contributed by atoms with E-state index in [9.17, 15) is 15.0 Å². The highest BCUT2D eigenvalue weighted by atomic mass is 16.5. The zero-order chi connectivity index (χ0) is 19.9. The molecule has 3 atom stereocenters. The molecule has 150 valence electrons. The predicted octanol–water partition coefficient (Wildman–Crippen LogP) is 2.04. The quantitative estimate of drug-likeness (QED) is 0.649. The van der Waals surface area contributed by atoms with E-state index < -0.39 is 18.2 Å². The lowest BCUT2D eigenvalue weighted by Crippen LogP contribution is -2.50. The fourth-order valence-electron chi connectivity index (χ4n) is 3.58. The van der Waals surface area contributed by atoms with Crippen molar-refractivity contribution in [2.75, 3.05) is 26.8 Å². The molecular weight excluding hydrogens is 356 g/mol. The maximum Gasteiger partial charge on any atom is 0.242 e. The molecule has 1 unspecified atom stereocenters. The molecule has 1 saturated heterocycles. The van der Waals surface area contributed by atoms with E-state index in [1.807, 2.05) is 30.3 Å². The van der Waals surface area contributed by atoms with Crippen LogP contribution in [0, 0.1) is 0 Å². The number of methoxy groups -OCH3 is 1. The van der Waals surface area contributed by atoms with Gasteiger partial charge in [0, 0.05) is 13.1 Å². The van der Waals surface area contributed by atoms with Crippen molar-refractivity contribution < 1.29 is 19.7 Å². The van der Waals surface area contributed by atoms with Crippen LogP contribution in [-0.2, 0) is 4.79 Å². The van der Waals surface area contributed by atoms with Gasteiger partial charge in [-0.25, -0.2) is 0 Å². The first-order chi connectivity index (χ1) is 13.6. The second-order valence-corrected chi connectivity index (χ2v) is 7.04. The van der Waals surface area contributed by atoms with E-state index in [0.717, 1.165) is 18.4 Å². The van der Waals surface area contributed by atoms with E-state index in [1.165, 1.54) is 0 Å². The van der Waals surface area contributed by atoms with Crippen LogP contribution in [0.15, 0.2) is 54.6 Å². The normalized spacial score (nSPS) is 17.2. The van der Waals surface area contributed by atoms with Gasteiger partial charge < -0.3 is 19.8 Å². The standard InChI is InChI=1S/C22H28N2O4/c1-28-18-11-9-17(10-12-18)21(26)20(22(27)24-13-5-6-14-24)23-19(15-25)16-7-3-2-4-8-16/h2-4,7-12,19-21,23,25-26H,5-6,13-15H2,1H3/t19-,20?,21-/m1/s1. The third kappa shape index (κ3) is 4.70. The van der Waals surface area contributed by atoms with Crippen molar-refractivity contribution in [2.45, 2.75) is 31.0 Å². The number of carbonyl (C=O) groups excluding carboxylic acids is 1. The van der Waals surface area contributed by atoms with Crippen LogP contribution in [-0.4, -0.2) is 53.9 Å². The van der Waals surface area contributed by atoms with Crippen LogP contribution in [0.4, 0.5) is 0 Å². The van der Waals surface area contributed by atoms with Crippen LogP contribution in [0.5, 0.6) is 5.75 Å². The number of aliphatic hydroxyl groups excluding tert-OH is 2. The Bertz CT molecular complexity index is 745. The van der Waals surface area contributed by atoms with Crippen molar-refractivity contribution in [1.29, 1.82) is 0 Å². The summed E-state index contributed by atoms with van der Waals surface area (Å²) in [5.74, 6) is 0.541. The van der Waals surface area contributed by atoms with Gasteiger partial charge in [0.15, 0.2) is 0 Å². The lowest BCUT2D eigenvalue weighted by molar-refractivity contribution is -0.135. The minimum absolute atomic E-state index is 0.143. The maximum absolute atomic E-state index is 13.2. The largest absolute Gasteiger partial charge is 0.497 e. The number of benzene rings is 2. The summed E-state index contributed by atoms with van der Waals surface area (Å²) < 4.78 is 5.17. The van der Waals surface area contributed by atoms with E-state index in [2.05, 4.69) is 5.32 Å². The zero-order valence-electron chi connectivity index (χ0n) is 16.1. The number of nitrogens with one attached hydrogen (secondary N) is 1. The Morgan fingerprint density at radius 1 is 1.07 bits per heavy atom. The van der Waals surface area contributed by atoms with Crippen LogP contribution in [0.25, 0.3) is 0 Å². The Hall–Kier alpha value is -2.41. The highest BCUT2D eigenvalue weighted by Crippen LogP contribution is 2.25. The zero-order valence-corrected chi connectivity index (χ0v) is 16.1. The molecule has 0 aromatic heterocycles. The molecule has 3 rings (SSSR count). The Labute approximate surface area is 165 Å². The highest BCUT2D eigenvalue weighted by molar-refractivity contribution is 5.83. The van der Waals surface area contributed by atoms with Crippen molar-refractivity contribution in [3.63, 3.8) is 0 Å². The van der Waals surface area contributed by atoms with Gasteiger partial charge in [-0.05, 0) is 36.1 Å². The van der Waals surface area contributed by atoms with E-state index in [1.54, 1.807) is 36.3 Å². The summed E-state index contributed by atoms with van der Waals surface area (Å²) >= 11 is 0. The first-order valence-corrected chi connectivity index (χ1v) is 9.66. The van der Waals surface area contributed by atoms with Crippen molar-refractivity contribution in [1.82, 2.24) is 10.2 Å². The molecule has 2 aromatic rings. The molecular formula is C22H28N2O4. The van der Waals surface area contributed by atoms with E-state index in [4.69, 9.17) is 4.74 Å². The Morgan fingerprint density at radius 3 is 2.29 bits per heavy atom. The van der Waals surface area contributed by atoms with E-state index in [0.29, 0.717) is 24.4 Å². The number of hydrogen-bond acceptors (Lipinski definition) is 5. The first kappa shape index (κ1) is 20.3. The van der Waals surface area contributed by atoms with Gasteiger partial charge in [0.05, 0.1) is 19.8 Å². The molecule has 0 saturated carbocycles. The predicted molar refractivity (Wildman–Crippen MR) is 107 cm³/mol. The van der Waals surface area contributed by atoms with Gasteiger partial charge in [-0.2, -0.15) is 0 Å². The minimum atomic E-state index is -1.04. The molecule has 6 nitrogen and oxygen atoms in total. The molecule has 3 N–H and O–H groups in total. The number of ether oxygens (including phenoxy) is 1. The lowest BCUT2D eigenvalue weighted by Gasteiger charge is -2.31. The number of rotatable bonds is 8. The van der Waals surface area contributed by atoms with Crippen LogP contribution < -0.4 is 10.1 Å². The van der Waals surface area contributed by atoms with Crippen molar-refractivity contribution in [2.24, 2.45) is 0 Å². The molecule has 1 aliphatic rings. The SMILES string of the molecule is COc1ccc([C@@H](O)C(N[C@H](CO)c2ccccc2)C(=O)N2CCCC2)cc1. The second-order valence-electron chi connectivity index (χ2n) is 7.04. The summed E-state index contributed by atoms with van der Waals surface area (Å²) in [5.41, 5.74) is 1.49. The van der Waals surface area contributed by atoms with Gasteiger partial charge in [-0.1, -0.05) is 42.5 Å². The molecule has 1 fully saturated rings. The van der Waals surface area contributed by atoms with Gasteiger partial charge in [-0.15, -0.1) is 0 Å². The van der Waals surface area contributed by atoms with Crippen LogP contribution in [0.2, 0.25) is 0 Å². The third-order valence-electron chi connectivity index (χ3n) is 5.22. The summed E-state index contributed by atoms with van der Waals surface area (Å²) in [7, 11) is 1.58. The van der Waals surface area contributed by atoms with Crippen molar-refractivity contribution in [3.05, 3.63) is 65.7 Å². The Morgan fingerprint density at radius 2 is 1.71 bits per heavy atom. The molecule has 2 aromatic carbocycles. The van der Waals surface area contributed by atoms with Crippen LogP contribution in [0.1, 0.15) is 36.1 Å². The fraction of sp³-hybridized carbons (Fsp3) is 0.409. The molecule has 1 amide bonds. The minimum Gasteiger partial charge on any atom is -0.497 e. The van der Waals surface area contributed by atoms with Gasteiger partial charge in [0.1, 0.15) is 17.9 Å². The second kappa shape index (κ2) is 9.68. The summed E-state index contributed by atoms with van der Waals surface area (Å²) in [5, 5.41) is 24.1. The molecule has 0 aliphatic carbocycles. The fourth-order valence-corrected chi connectivity index (χ4v) is 3.58. The summed E-state index contributed by atoms with van der Waals surface area (Å²) in [4.78, 5) is 14.9. The number of likely N-dealkylation sites (tertiary alicyclic amines) is 1. The van der Waals surface area contributed by atoms with Crippen molar-refractivity contribution in [3.8, 4) is 5.75 Å². The van der Waals surface area contributed by atoms with Gasteiger partial charge in [-0.3, -0.25) is 10.1 Å². The average Bonchev–Trinajstić information content (AvgIpc) is 3.29. The number of aliphatic hydroxyl groups is 2. The first-order valence-electron chi connectivity index (χ1n) is 9.66. The number of carbonyl (C=O) groups is 1. The number of amides is 1. The highest BCUT2D eigenvalue weighted by Gasteiger charge is 2.34. The molecule has 0 spiro atoms. The van der Waals surface area contributed by atoms with Crippen LogP contribution in [0.3, 0.4) is 0 Å². The Kier molecular flexibility index (Phi) is 7.03. The van der Waals surface area contributed by atoms with Crippen molar-refractivity contribution >= 4 is 5.91 Å². The van der Waals surface area contributed by atoms with Gasteiger partial charge >= 0.3 is 0 Å². The molecule has 1 heterocycles. The summed E-state index contributed by atoms with van der Waals surface area (Å²) in [6.45, 7) is 1.21. The monoisotopic (exact) mass is 384 g/mol.